The summed E-state index contributed by atoms with van der Waals surface area (Å²) in [5, 5.41) is 14.4. The van der Waals surface area contributed by atoms with E-state index in [4.69, 9.17) is 0 Å². The Morgan fingerprint density at radius 2 is 2.23 bits per heavy atom. The van der Waals surface area contributed by atoms with E-state index >= 15 is 0 Å². The number of nitrogens with zero attached hydrogens (tertiary/aromatic N) is 4. The van der Waals surface area contributed by atoms with Crippen molar-refractivity contribution in [3.63, 3.8) is 0 Å². The van der Waals surface area contributed by atoms with Gasteiger partial charge in [0.1, 0.15) is 0 Å². The fourth-order valence-corrected chi connectivity index (χ4v) is 2.44. The van der Waals surface area contributed by atoms with Crippen molar-refractivity contribution < 1.29 is 9.18 Å². The Kier molecular flexibility index (Phi) is 3.48. The van der Waals surface area contributed by atoms with Crippen LogP contribution in [0.1, 0.15) is 24.9 Å². The van der Waals surface area contributed by atoms with Crippen LogP contribution < -0.4 is 5.32 Å². The zero-order valence-corrected chi connectivity index (χ0v) is 12.4. The quantitative estimate of drug-likeness (QED) is 0.881. The van der Waals surface area contributed by atoms with Crippen molar-refractivity contribution in [3.05, 3.63) is 36.2 Å². The molecule has 1 aromatic carbocycles. The van der Waals surface area contributed by atoms with Crippen LogP contribution in [0.3, 0.4) is 0 Å². The highest BCUT2D eigenvalue weighted by molar-refractivity contribution is 6.04. The molecule has 7 heteroatoms. The summed E-state index contributed by atoms with van der Waals surface area (Å²) in [6.45, 7) is 6.97. The molecule has 2 aromatic rings. The number of benzene rings is 1. The van der Waals surface area contributed by atoms with Gasteiger partial charge in [-0.15, -0.1) is 5.10 Å². The number of aryl methyl sites for hydroxylation is 1. The fraction of sp³-hybridized carbons (Fsp3) is 0.333. The lowest BCUT2D eigenvalue weighted by Gasteiger charge is -2.13. The molecule has 0 aliphatic heterocycles. The number of halogens is 1. The molecule has 0 bridgehead atoms. The van der Waals surface area contributed by atoms with Crippen molar-refractivity contribution in [2.24, 2.45) is 5.92 Å². The normalized spacial score (nSPS) is 19.8. The number of aromatic nitrogens is 4. The average Bonchev–Trinajstić information content (AvgIpc) is 3.00. The van der Waals surface area contributed by atoms with Crippen molar-refractivity contribution in [1.82, 2.24) is 20.2 Å². The summed E-state index contributed by atoms with van der Waals surface area (Å²) in [4.78, 5) is 11.6. The molecule has 6 nitrogen and oxygen atoms in total. The minimum absolute atomic E-state index is 0.269. The smallest absolute Gasteiger partial charge is 0.283 e. The minimum Gasteiger partial charge on any atom is -0.319 e. The number of anilines is 1. The second-order valence-electron chi connectivity index (χ2n) is 5.58. The van der Waals surface area contributed by atoms with Gasteiger partial charge < -0.3 is 5.32 Å². The summed E-state index contributed by atoms with van der Waals surface area (Å²) in [6, 6.07) is 5.75. The Balaban J connectivity index is 2.04. The van der Waals surface area contributed by atoms with Crippen molar-refractivity contribution in [3.8, 4) is 11.4 Å². The Bertz CT molecular complexity index is 754. The van der Waals surface area contributed by atoms with Crippen molar-refractivity contribution in [2.45, 2.75) is 26.3 Å². The third kappa shape index (κ3) is 2.49. The molecule has 0 radical (unpaired) electrons. The maximum atomic E-state index is 13.0. The zero-order valence-electron chi connectivity index (χ0n) is 12.4. The Morgan fingerprint density at radius 3 is 2.86 bits per heavy atom. The summed E-state index contributed by atoms with van der Waals surface area (Å²) in [7, 11) is 0. The molecular weight excluding hydrogens is 285 g/mol. The Labute approximate surface area is 127 Å². The Hall–Kier alpha value is -2.57. The highest BCUT2D eigenvalue weighted by Crippen LogP contribution is 2.44. The first-order valence-corrected chi connectivity index (χ1v) is 7.02. The first-order chi connectivity index (χ1) is 10.5. The van der Waals surface area contributed by atoms with Gasteiger partial charge in [-0.05, 0) is 41.3 Å². The van der Waals surface area contributed by atoms with Crippen molar-refractivity contribution in [2.75, 3.05) is 5.32 Å². The van der Waals surface area contributed by atoms with Gasteiger partial charge in [0, 0.05) is 5.56 Å². The number of amides is 1. The SMILES string of the molecule is C=C(F)C(=O)Nc1c(C)cccc1-c1nnnn1[C@@H]1C[C@H]1C. The molecule has 0 spiro atoms. The third-order valence-corrected chi connectivity index (χ3v) is 3.87. The molecule has 1 aliphatic carbocycles. The lowest BCUT2D eigenvalue weighted by Crippen LogP contribution is -2.14. The van der Waals surface area contributed by atoms with Gasteiger partial charge in [-0.1, -0.05) is 25.6 Å². The summed E-state index contributed by atoms with van der Waals surface area (Å²) in [5.41, 5.74) is 1.96. The predicted octanol–water partition coefficient (Wildman–Crippen LogP) is 2.65. The lowest BCUT2D eigenvalue weighted by molar-refractivity contribution is -0.114. The molecule has 0 saturated heterocycles. The number of para-hydroxylation sites is 1. The van der Waals surface area contributed by atoms with Crippen LogP contribution in [0.4, 0.5) is 10.1 Å². The molecule has 1 aliphatic rings. The largest absolute Gasteiger partial charge is 0.319 e. The number of hydrogen-bond acceptors (Lipinski definition) is 4. The van der Waals surface area contributed by atoms with Crippen LogP contribution in [0.25, 0.3) is 11.4 Å². The van der Waals surface area contributed by atoms with E-state index in [1.54, 1.807) is 10.7 Å². The van der Waals surface area contributed by atoms with Crippen LogP contribution in [0.5, 0.6) is 0 Å². The molecule has 0 unspecified atom stereocenters. The van der Waals surface area contributed by atoms with Gasteiger partial charge in [0.25, 0.3) is 5.91 Å². The van der Waals surface area contributed by atoms with E-state index in [9.17, 15) is 9.18 Å². The number of tetrazole rings is 1. The maximum Gasteiger partial charge on any atom is 0.283 e. The number of nitrogens with one attached hydrogen (secondary N) is 1. The molecule has 1 heterocycles. The maximum absolute atomic E-state index is 13.0. The first-order valence-electron chi connectivity index (χ1n) is 7.02. The van der Waals surface area contributed by atoms with Crippen LogP contribution in [-0.2, 0) is 4.79 Å². The second-order valence-corrected chi connectivity index (χ2v) is 5.58. The first kappa shape index (κ1) is 14.4. The van der Waals surface area contributed by atoms with Crippen LogP contribution in [0.15, 0.2) is 30.6 Å². The summed E-state index contributed by atoms with van der Waals surface area (Å²) in [6.07, 6.45) is 1.02. The van der Waals surface area contributed by atoms with E-state index in [0.717, 1.165) is 12.0 Å². The van der Waals surface area contributed by atoms with E-state index in [1.807, 2.05) is 19.1 Å². The molecule has 1 saturated carbocycles. The van der Waals surface area contributed by atoms with Gasteiger partial charge in [0.2, 0.25) is 0 Å². The Morgan fingerprint density at radius 1 is 1.50 bits per heavy atom. The lowest BCUT2D eigenvalue weighted by atomic mass is 10.1. The predicted molar refractivity (Wildman–Crippen MR) is 79.7 cm³/mol. The standard InChI is InChI=1S/C15H16FN5O/c1-8-5-4-6-11(13(8)17-15(22)10(3)16)14-18-19-20-21(14)12-7-9(12)2/h4-6,9,12H,3,7H2,1-2H3,(H,17,22)/t9-,12-/m1/s1. The molecule has 22 heavy (non-hydrogen) atoms. The summed E-state index contributed by atoms with van der Waals surface area (Å²) >= 11 is 0. The van der Waals surface area contributed by atoms with Crippen molar-refractivity contribution >= 4 is 11.6 Å². The van der Waals surface area contributed by atoms with Crippen LogP contribution in [0.2, 0.25) is 0 Å². The number of carbonyl (C=O) groups is 1. The molecule has 1 amide bonds. The molecule has 3 rings (SSSR count). The fourth-order valence-electron chi connectivity index (χ4n) is 2.44. The van der Waals surface area contributed by atoms with E-state index in [0.29, 0.717) is 23.0 Å². The zero-order chi connectivity index (χ0) is 15.9. The molecule has 1 N–H and O–H groups in total. The van der Waals surface area contributed by atoms with Crippen LogP contribution in [0, 0.1) is 12.8 Å². The summed E-state index contributed by atoms with van der Waals surface area (Å²) < 4.78 is 14.8. The second kappa shape index (κ2) is 5.32. The highest BCUT2D eigenvalue weighted by atomic mass is 19.1. The van der Waals surface area contributed by atoms with Gasteiger partial charge in [0.05, 0.1) is 11.7 Å². The third-order valence-electron chi connectivity index (χ3n) is 3.87. The monoisotopic (exact) mass is 301 g/mol. The molecule has 1 fully saturated rings. The average molecular weight is 301 g/mol. The molecule has 2 atom stereocenters. The van der Waals surface area contributed by atoms with E-state index in [2.05, 4.69) is 34.3 Å². The van der Waals surface area contributed by atoms with Gasteiger partial charge in [-0.3, -0.25) is 4.79 Å². The van der Waals surface area contributed by atoms with E-state index < -0.39 is 11.7 Å². The number of rotatable bonds is 4. The van der Waals surface area contributed by atoms with E-state index in [-0.39, 0.29) is 6.04 Å². The minimum atomic E-state index is -1.04. The topological polar surface area (TPSA) is 72.7 Å². The van der Waals surface area contributed by atoms with Gasteiger partial charge >= 0.3 is 0 Å². The number of hydrogen-bond donors (Lipinski definition) is 1. The number of carbonyl (C=O) groups excluding carboxylic acids is 1. The van der Waals surface area contributed by atoms with Gasteiger partial charge in [0.15, 0.2) is 11.7 Å². The van der Waals surface area contributed by atoms with Crippen LogP contribution in [-0.4, -0.2) is 26.1 Å². The summed E-state index contributed by atoms with van der Waals surface area (Å²) in [5.74, 6) is -0.812. The molecule has 114 valence electrons. The van der Waals surface area contributed by atoms with Crippen molar-refractivity contribution in [1.29, 1.82) is 0 Å². The van der Waals surface area contributed by atoms with Gasteiger partial charge in [-0.25, -0.2) is 9.07 Å². The molecule has 1 aromatic heterocycles. The van der Waals surface area contributed by atoms with Crippen LogP contribution >= 0.6 is 0 Å². The van der Waals surface area contributed by atoms with E-state index in [1.165, 1.54) is 0 Å². The molecular formula is C15H16FN5O. The highest BCUT2D eigenvalue weighted by Gasteiger charge is 2.37. The van der Waals surface area contributed by atoms with Gasteiger partial charge in [-0.2, -0.15) is 0 Å².